The topological polar surface area (TPSA) is 42.2 Å². The van der Waals surface area contributed by atoms with Crippen LogP contribution in [0.25, 0.3) is 6.08 Å². The van der Waals surface area contributed by atoms with Crippen LogP contribution in [0.1, 0.15) is 13.2 Å². The van der Waals surface area contributed by atoms with Gasteiger partial charge in [-0.15, -0.1) is 0 Å². The zero-order valence-electron chi connectivity index (χ0n) is 6.20. The first-order valence-electron chi connectivity index (χ1n) is 3.26. The summed E-state index contributed by atoms with van der Waals surface area (Å²) in [7, 11) is 1.58. The van der Waals surface area contributed by atoms with Crippen LogP contribution < -0.4 is 5.32 Å². The van der Waals surface area contributed by atoms with E-state index in [1.807, 2.05) is 0 Å². The molecule has 0 unspecified atom stereocenters. The molecule has 0 atom stereocenters. The van der Waals surface area contributed by atoms with E-state index in [0.717, 1.165) is 0 Å². The normalized spacial score (nSPS) is 9.42. The number of hydrogen-bond donors (Lipinski definition) is 1. The van der Waals surface area contributed by atoms with E-state index in [2.05, 4.69) is 5.32 Å². The summed E-state index contributed by atoms with van der Waals surface area (Å²) in [5.41, 5.74) is 0. The van der Waals surface area contributed by atoms with Gasteiger partial charge < -0.3 is 9.73 Å². The van der Waals surface area contributed by atoms with Crippen molar-refractivity contribution in [3.05, 3.63) is 30.2 Å². The third-order valence-corrected chi connectivity index (χ3v) is 1.19. The highest BCUT2D eigenvalue weighted by Crippen LogP contribution is 2.01. The Kier molecular flexibility index (Phi) is 4.53. The van der Waals surface area contributed by atoms with Gasteiger partial charge in [-0.2, -0.15) is 0 Å². The molecule has 0 aromatic carbocycles. The van der Waals surface area contributed by atoms with E-state index in [1.54, 1.807) is 31.5 Å². The summed E-state index contributed by atoms with van der Waals surface area (Å²) in [6.07, 6.45) is 4.58. The fraction of sp³-hybridized carbons (Fsp3) is 0.222. The van der Waals surface area contributed by atoms with Gasteiger partial charge in [0.15, 0.2) is 0 Å². The first kappa shape index (κ1) is 10.5. The van der Waals surface area contributed by atoms with Crippen LogP contribution in [-0.2, 0) is 4.79 Å². The molecule has 12 heavy (non-hydrogen) atoms. The summed E-state index contributed by atoms with van der Waals surface area (Å²) in [5.74, 6) is 0.537. The van der Waals surface area contributed by atoms with Crippen LogP contribution in [-0.4, -0.2) is 13.0 Å². The van der Waals surface area contributed by atoms with Crippen molar-refractivity contribution in [1.29, 1.82) is 0 Å². The number of nitrogens with one attached hydrogen (secondary N) is 1. The molecule has 3 nitrogen and oxygen atoms in total. The number of likely N-dealkylation sites (N-methyl/N-ethyl adjacent to an activating group) is 1. The number of hydrogen-bond acceptors (Lipinski definition) is 2. The smallest absolute Gasteiger partial charge is 0.243 e. The maximum absolute atomic E-state index is 10.7. The Hall–Kier alpha value is -1.51. The van der Waals surface area contributed by atoms with E-state index in [9.17, 15) is 4.79 Å². The van der Waals surface area contributed by atoms with Gasteiger partial charge in [0.05, 0.1) is 6.26 Å². The van der Waals surface area contributed by atoms with Crippen molar-refractivity contribution < 1.29 is 9.21 Å². The minimum atomic E-state index is -0.138. The summed E-state index contributed by atoms with van der Waals surface area (Å²) in [5, 5.41) is 2.46. The number of rotatable bonds is 2. The molecule has 1 aromatic heterocycles. The standard InChI is InChI=1S/C8H9NO2.CH4/c1-9-8(10)5-4-7-3-2-6-11-7;/h2-6H,1H3,(H,9,10);1H4/b5-4+;. The van der Waals surface area contributed by atoms with Crippen LogP contribution in [0.5, 0.6) is 0 Å². The maximum Gasteiger partial charge on any atom is 0.243 e. The molecule has 0 radical (unpaired) electrons. The Balaban J connectivity index is 0.00000121. The lowest BCUT2D eigenvalue weighted by atomic mass is 10.4. The average molecular weight is 167 g/mol. The molecule has 0 aliphatic heterocycles. The highest BCUT2D eigenvalue weighted by molar-refractivity contribution is 5.91. The van der Waals surface area contributed by atoms with Gasteiger partial charge in [-0.3, -0.25) is 4.79 Å². The van der Waals surface area contributed by atoms with Gasteiger partial charge in [0, 0.05) is 13.1 Å². The Labute approximate surface area is 72.1 Å². The molecular formula is C9H13NO2. The predicted molar refractivity (Wildman–Crippen MR) is 48.5 cm³/mol. The lowest BCUT2D eigenvalue weighted by Gasteiger charge is -1.87. The predicted octanol–water partition coefficient (Wildman–Crippen LogP) is 1.67. The van der Waals surface area contributed by atoms with Gasteiger partial charge in [0.2, 0.25) is 5.91 Å². The molecule has 0 bridgehead atoms. The van der Waals surface area contributed by atoms with Gasteiger partial charge in [-0.25, -0.2) is 0 Å². The lowest BCUT2D eigenvalue weighted by Crippen LogP contribution is -2.13. The van der Waals surface area contributed by atoms with Crippen molar-refractivity contribution in [3.63, 3.8) is 0 Å². The molecular weight excluding hydrogens is 154 g/mol. The second-order valence-electron chi connectivity index (χ2n) is 1.96. The van der Waals surface area contributed by atoms with E-state index in [4.69, 9.17) is 4.42 Å². The zero-order chi connectivity index (χ0) is 8.10. The van der Waals surface area contributed by atoms with Gasteiger partial charge >= 0.3 is 0 Å². The number of carbonyl (C=O) groups excluding carboxylic acids is 1. The average Bonchev–Trinajstić information content (AvgIpc) is 2.52. The molecule has 1 N–H and O–H groups in total. The van der Waals surface area contributed by atoms with Crippen LogP contribution in [0.2, 0.25) is 0 Å². The highest BCUT2D eigenvalue weighted by atomic mass is 16.3. The zero-order valence-corrected chi connectivity index (χ0v) is 6.20. The number of furan rings is 1. The van der Waals surface area contributed by atoms with Gasteiger partial charge in [-0.05, 0) is 18.2 Å². The second kappa shape index (κ2) is 5.18. The molecule has 1 rings (SSSR count). The van der Waals surface area contributed by atoms with E-state index < -0.39 is 0 Å². The highest BCUT2D eigenvalue weighted by Gasteiger charge is 1.90. The minimum Gasteiger partial charge on any atom is -0.465 e. The maximum atomic E-state index is 10.7. The van der Waals surface area contributed by atoms with Gasteiger partial charge in [0.25, 0.3) is 0 Å². The van der Waals surface area contributed by atoms with Gasteiger partial charge in [0.1, 0.15) is 5.76 Å². The Morgan fingerprint density at radius 2 is 2.42 bits per heavy atom. The number of amides is 1. The van der Waals surface area contributed by atoms with Crippen LogP contribution in [0, 0.1) is 0 Å². The first-order chi connectivity index (χ1) is 5.33. The largest absolute Gasteiger partial charge is 0.465 e. The monoisotopic (exact) mass is 167 g/mol. The van der Waals surface area contributed by atoms with E-state index >= 15 is 0 Å². The quantitative estimate of drug-likeness (QED) is 0.681. The van der Waals surface area contributed by atoms with Crippen molar-refractivity contribution in [2.45, 2.75) is 7.43 Å². The third kappa shape index (κ3) is 3.05. The van der Waals surface area contributed by atoms with Crippen molar-refractivity contribution in [3.8, 4) is 0 Å². The number of carbonyl (C=O) groups is 1. The summed E-state index contributed by atoms with van der Waals surface area (Å²) in [4.78, 5) is 10.7. The van der Waals surface area contributed by atoms with Crippen molar-refractivity contribution in [2.24, 2.45) is 0 Å². The molecule has 1 heterocycles. The summed E-state index contributed by atoms with van der Waals surface area (Å²) in [6.45, 7) is 0. The van der Waals surface area contributed by atoms with Crippen LogP contribution in [0.3, 0.4) is 0 Å². The van der Waals surface area contributed by atoms with Crippen molar-refractivity contribution >= 4 is 12.0 Å². The minimum absolute atomic E-state index is 0. The SMILES string of the molecule is C.CNC(=O)/C=C/c1ccco1. The summed E-state index contributed by atoms with van der Waals surface area (Å²) >= 11 is 0. The molecule has 0 spiro atoms. The molecule has 1 amide bonds. The fourth-order valence-electron chi connectivity index (χ4n) is 0.627. The molecule has 0 fully saturated rings. The van der Waals surface area contributed by atoms with E-state index in [1.165, 1.54) is 6.08 Å². The lowest BCUT2D eigenvalue weighted by molar-refractivity contribution is -0.115. The van der Waals surface area contributed by atoms with Crippen molar-refractivity contribution in [2.75, 3.05) is 7.05 Å². The molecule has 1 aromatic rings. The molecule has 0 saturated heterocycles. The molecule has 3 heteroatoms. The van der Waals surface area contributed by atoms with Crippen molar-refractivity contribution in [1.82, 2.24) is 5.32 Å². The summed E-state index contributed by atoms with van der Waals surface area (Å²) < 4.78 is 4.96. The summed E-state index contributed by atoms with van der Waals surface area (Å²) in [6, 6.07) is 3.54. The Morgan fingerprint density at radius 3 is 2.92 bits per heavy atom. The van der Waals surface area contributed by atoms with Crippen LogP contribution in [0.15, 0.2) is 28.9 Å². The Bertz CT molecular complexity index is 250. The second-order valence-corrected chi connectivity index (χ2v) is 1.96. The molecule has 0 aliphatic carbocycles. The molecule has 0 aliphatic rings. The van der Waals surface area contributed by atoms with Crippen LogP contribution in [0.4, 0.5) is 0 Å². The van der Waals surface area contributed by atoms with E-state index in [0.29, 0.717) is 5.76 Å². The van der Waals surface area contributed by atoms with Crippen LogP contribution >= 0.6 is 0 Å². The molecule has 0 saturated carbocycles. The molecule has 66 valence electrons. The first-order valence-corrected chi connectivity index (χ1v) is 3.26. The van der Waals surface area contributed by atoms with E-state index in [-0.39, 0.29) is 13.3 Å². The fourth-order valence-corrected chi connectivity index (χ4v) is 0.627. The van der Waals surface area contributed by atoms with Gasteiger partial charge in [-0.1, -0.05) is 7.43 Å². The Morgan fingerprint density at radius 1 is 1.67 bits per heavy atom. The third-order valence-electron chi connectivity index (χ3n) is 1.19.